The Hall–Kier alpha value is -1.10. The molecule has 5 heteroatoms. The Bertz CT molecular complexity index is 323. The predicted molar refractivity (Wildman–Crippen MR) is 78.3 cm³/mol. The van der Waals surface area contributed by atoms with E-state index in [1.807, 2.05) is 0 Å². The van der Waals surface area contributed by atoms with Gasteiger partial charge in [-0.1, -0.05) is 19.8 Å². The third kappa shape index (κ3) is 4.78. The van der Waals surface area contributed by atoms with Crippen LogP contribution in [0.25, 0.3) is 0 Å². The summed E-state index contributed by atoms with van der Waals surface area (Å²) in [6.07, 6.45) is 6.96. The lowest BCUT2D eigenvalue weighted by atomic mass is 9.75. The average molecular weight is 284 g/mol. The number of carbonyl (C=O) groups is 2. The van der Waals surface area contributed by atoms with Crippen LogP contribution in [0.3, 0.4) is 0 Å². The van der Waals surface area contributed by atoms with Crippen LogP contribution in [0.2, 0.25) is 0 Å². The molecule has 0 aromatic carbocycles. The first-order valence-corrected chi connectivity index (χ1v) is 7.78. The van der Waals surface area contributed by atoms with Gasteiger partial charge in [0.2, 0.25) is 5.91 Å². The number of carbonyl (C=O) groups excluding carboxylic acids is 1. The molecule has 0 aromatic rings. The lowest BCUT2D eigenvalue weighted by Crippen LogP contribution is -2.56. The van der Waals surface area contributed by atoms with Crippen molar-refractivity contribution in [2.24, 2.45) is 11.7 Å². The summed E-state index contributed by atoms with van der Waals surface area (Å²) in [5.41, 5.74) is 4.37. The number of unbranched alkanes of at least 4 members (excludes halogenated alkanes) is 2. The maximum atomic E-state index is 11.9. The molecule has 1 aliphatic carbocycles. The molecule has 1 rings (SSSR count). The Morgan fingerprint density at radius 3 is 2.40 bits per heavy atom. The third-order valence-electron chi connectivity index (χ3n) is 4.43. The van der Waals surface area contributed by atoms with Crippen molar-refractivity contribution in [3.8, 4) is 0 Å². The molecule has 0 saturated heterocycles. The minimum Gasteiger partial charge on any atom is -0.480 e. The zero-order valence-electron chi connectivity index (χ0n) is 12.5. The van der Waals surface area contributed by atoms with Crippen molar-refractivity contribution in [1.29, 1.82) is 0 Å². The standard InChI is InChI=1S/C15H28N2O3/c1-2-12-7-9-15(10-8-12,14(19)20)17-13(18)6-4-3-5-11-16/h12H,2-11,16H2,1H3,(H,17,18)(H,19,20). The van der Waals surface area contributed by atoms with Gasteiger partial charge in [0.05, 0.1) is 0 Å². The van der Waals surface area contributed by atoms with Crippen LogP contribution in [-0.4, -0.2) is 29.1 Å². The summed E-state index contributed by atoms with van der Waals surface area (Å²) >= 11 is 0. The highest BCUT2D eigenvalue weighted by Crippen LogP contribution is 2.34. The molecule has 5 nitrogen and oxygen atoms in total. The topological polar surface area (TPSA) is 92.4 Å². The van der Waals surface area contributed by atoms with Gasteiger partial charge >= 0.3 is 5.97 Å². The highest BCUT2D eigenvalue weighted by molar-refractivity contribution is 5.87. The van der Waals surface area contributed by atoms with E-state index in [0.717, 1.165) is 38.5 Å². The Morgan fingerprint density at radius 1 is 1.25 bits per heavy atom. The number of nitrogens with one attached hydrogen (secondary N) is 1. The maximum absolute atomic E-state index is 11.9. The second-order valence-corrected chi connectivity index (χ2v) is 5.89. The van der Waals surface area contributed by atoms with Gasteiger partial charge in [0.1, 0.15) is 5.54 Å². The van der Waals surface area contributed by atoms with E-state index in [1.54, 1.807) is 0 Å². The van der Waals surface area contributed by atoms with Crippen LogP contribution in [0.5, 0.6) is 0 Å². The summed E-state index contributed by atoms with van der Waals surface area (Å²) in [7, 11) is 0. The van der Waals surface area contributed by atoms with Gasteiger partial charge in [0.25, 0.3) is 0 Å². The molecule has 0 unspecified atom stereocenters. The molecule has 116 valence electrons. The average Bonchev–Trinajstić information content (AvgIpc) is 2.44. The largest absolute Gasteiger partial charge is 0.480 e. The Kier molecular flexibility index (Phi) is 6.99. The summed E-state index contributed by atoms with van der Waals surface area (Å²) in [5.74, 6) is -0.425. The van der Waals surface area contributed by atoms with Crippen molar-refractivity contribution in [3.63, 3.8) is 0 Å². The number of hydrogen-bond acceptors (Lipinski definition) is 3. The Balaban J connectivity index is 2.47. The minimum atomic E-state index is -1.03. The fourth-order valence-corrected chi connectivity index (χ4v) is 2.91. The number of amides is 1. The molecule has 0 aromatic heterocycles. The molecule has 0 bridgehead atoms. The number of nitrogens with two attached hydrogens (primary N) is 1. The van der Waals surface area contributed by atoms with E-state index in [-0.39, 0.29) is 5.91 Å². The molecule has 0 spiro atoms. The van der Waals surface area contributed by atoms with E-state index in [2.05, 4.69) is 12.2 Å². The van der Waals surface area contributed by atoms with Gasteiger partial charge in [-0.2, -0.15) is 0 Å². The molecule has 1 aliphatic rings. The monoisotopic (exact) mass is 284 g/mol. The molecular weight excluding hydrogens is 256 g/mol. The smallest absolute Gasteiger partial charge is 0.329 e. The fourth-order valence-electron chi connectivity index (χ4n) is 2.91. The normalized spacial score (nSPS) is 26.2. The van der Waals surface area contributed by atoms with Crippen molar-refractivity contribution in [3.05, 3.63) is 0 Å². The van der Waals surface area contributed by atoms with Crippen LogP contribution < -0.4 is 11.1 Å². The van der Waals surface area contributed by atoms with E-state index in [9.17, 15) is 14.7 Å². The van der Waals surface area contributed by atoms with E-state index in [1.165, 1.54) is 0 Å². The molecule has 0 atom stereocenters. The van der Waals surface area contributed by atoms with Crippen molar-refractivity contribution < 1.29 is 14.7 Å². The van der Waals surface area contributed by atoms with Crippen LogP contribution in [0.4, 0.5) is 0 Å². The van der Waals surface area contributed by atoms with Gasteiger partial charge in [0.15, 0.2) is 0 Å². The van der Waals surface area contributed by atoms with E-state index >= 15 is 0 Å². The molecular formula is C15H28N2O3. The highest BCUT2D eigenvalue weighted by atomic mass is 16.4. The molecule has 0 aliphatic heterocycles. The summed E-state index contributed by atoms with van der Waals surface area (Å²) in [5, 5.41) is 12.3. The van der Waals surface area contributed by atoms with Gasteiger partial charge in [0, 0.05) is 6.42 Å². The van der Waals surface area contributed by atoms with Gasteiger partial charge < -0.3 is 16.2 Å². The maximum Gasteiger partial charge on any atom is 0.329 e. The van der Waals surface area contributed by atoms with Gasteiger partial charge in [-0.05, 0) is 51.0 Å². The third-order valence-corrected chi connectivity index (χ3v) is 4.43. The molecule has 4 N–H and O–H groups in total. The predicted octanol–water partition coefficient (Wildman–Crippen LogP) is 2.05. The second kappa shape index (κ2) is 8.25. The molecule has 0 radical (unpaired) electrons. The van der Waals surface area contributed by atoms with E-state index in [4.69, 9.17) is 5.73 Å². The first-order chi connectivity index (χ1) is 9.54. The molecule has 0 heterocycles. The summed E-state index contributed by atoms with van der Waals surface area (Å²) in [6.45, 7) is 2.77. The van der Waals surface area contributed by atoms with Crippen molar-refractivity contribution in [2.45, 2.75) is 70.3 Å². The van der Waals surface area contributed by atoms with Gasteiger partial charge in [-0.3, -0.25) is 4.79 Å². The lowest BCUT2D eigenvalue weighted by molar-refractivity contribution is -0.149. The summed E-state index contributed by atoms with van der Waals surface area (Å²) in [4.78, 5) is 23.5. The Labute approximate surface area is 121 Å². The number of hydrogen-bond donors (Lipinski definition) is 3. The van der Waals surface area contributed by atoms with Crippen LogP contribution in [0.15, 0.2) is 0 Å². The highest BCUT2D eigenvalue weighted by Gasteiger charge is 2.42. The van der Waals surface area contributed by atoms with Crippen LogP contribution in [0.1, 0.15) is 64.7 Å². The fraction of sp³-hybridized carbons (Fsp3) is 0.867. The summed E-state index contributed by atoms with van der Waals surface area (Å²) < 4.78 is 0. The summed E-state index contributed by atoms with van der Waals surface area (Å²) in [6, 6.07) is 0. The quantitative estimate of drug-likeness (QED) is 0.595. The van der Waals surface area contributed by atoms with Crippen molar-refractivity contribution >= 4 is 11.9 Å². The second-order valence-electron chi connectivity index (χ2n) is 5.89. The SMILES string of the molecule is CCC1CCC(NC(=O)CCCCCN)(C(=O)O)CC1. The van der Waals surface area contributed by atoms with E-state index < -0.39 is 11.5 Å². The molecule has 1 saturated carbocycles. The zero-order valence-corrected chi connectivity index (χ0v) is 12.5. The molecule has 1 fully saturated rings. The Morgan fingerprint density at radius 2 is 1.90 bits per heavy atom. The van der Waals surface area contributed by atoms with Crippen molar-refractivity contribution in [2.75, 3.05) is 6.54 Å². The number of rotatable bonds is 8. The van der Waals surface area contributed by atoms with Crippen molar-refractivity contribution in [1.82, 2.24) is 5.32 Å². The van der Waals surface area contributed by atoms with Gasteiger partial charge in [-0.15, -0.1) is 0 Å². The molecule has 20 heavy (non-hydrogen) atoms. The van der Waals surface area contributed by atoms with E-state index in [0.29, 0.717) is 31.7 Å². The van der Waals surface area contributed by atoms with Gasteiger partial charge in [-0.25, -0.2) is 4.79 Å². The number of aliphatic carboxylic acids is 1. The van der Waals surface area contributed by atoms with Crippen LogP contribution in [0, 0.1) is 5.92 Å². The first-order valence-electron chi connectivity index (χ1n) is 7.78. The lowest BCUT2D eigenvalue weighted by Gasteiger charge is -2.37. The first kappa shape index (κ1) is 17.0. The van der Waals surface area contributed by atoms with Crippen LogP contribution >= 0.6 is 0 Å². The molecule has 1 amide bonds. The van der Waals surface area contributed by atoms with Crippen LogP contribution in [-0.2, 0) is 9.59 Å². The minimum absolute atomic E-state index is 0.139. The number of carboxylic acids is 1. The zero-order chi connectivity index (χ0) is 15.0. The number of carboxylic acid groups (broad SMARTS) is 1.